The third kappa shape index (κ3) is 4.96. The molecule has 0 radical (unpaired) electrons. The molecule has 0 amide bonds. The van der Waals surface area contributed by atoms with Crippen molar-refractivity contribution in [2.75, 3.05) is 19.5 Å². The number of hydrogen-bond donors (Lipinski definition) is 1. The maximum Gasteiger partial charge on any atom is 0.573 e. The minimum Gasteiger partial charge on any atom is -0.404 e. The Balaban J connectivity index is 2.83. The lowest BCUT2D eigenvalue weighted by molar-refractivity contribution is -0.274. The monoisotopic (exact) mass is 279 g/mol. The van der Waals surface area contributed by atoms with Crippen LogP contribution in [0.2, 0.25) is 0 Å². The number of halogens is 3. The van der Waals surface area contributed by atoms with Crippen LogP contribution in [0.4, 0.5) is 18.9 Å². The molecule has 0 aliphatic heterocycles. The highest BCUT2D eigenvalue weighted by atomic mass is 19.4. The SMILES string of the molecule is COC(OC)C(C)Nc1ccccc1OC(F)(F)F. The highest BCUT2D eigenvalue weighted by molar-refractivity contribution is 5.56. The molecule has 1 aromatic rings. The molecule has 19 heavy (non-hydrogen) atoms. The number of benzene rings is 1. The van der Waals surface area contributed by atoms with E-state index in [0.29, 0.717) is 0 Å². The van der Waals surface area contributed by atoms with Gasteiger partial charge in [0.2, 0.25) is 0 Å². The molecule has 0 spiro atoms. The first-order valence-corrected chi connectivity index (χ1v) is 5.54. The fourth-order valence-electron chi connectivity index (χ4n) is 1.62. The molecule has 0 aliphatic rings. The van der Waals surface area contributed by atoms with E-state index >= 15 is 0 Å². The zero-order valence-corrected chi connectivity index (χ0v) is 10.8. The molecule has 0 fully saturated rings. The largest absolute Gasteiger partial charge is 0.573 e. The van der Waals surface area contributed by atoms with Crippen LogP contribution in [0, 0.1) is 0 Å². The highest BCUT2D eigenvalue weighted by Gasteiger charge is 2.32. The lowest BCUT2D eigenvalue weighted by Crippen LogP contribution is -2.34. The number of anilines is 1. The summed E-state index contributed by atoms with van der Waals surface area (Å²) in [6.07, 6.45) is -5.32. The van der Waals surface area contributed by atoms with Crippen molar-refractivity contribution in [3.63, 3.8) is 0 Å². The van der Waals surface area contributed by atoms with Gasteiger partial charge in [0, 0.05) is 14.2 Å². The van der Waals surface area contributed by atoms with Crippen molar-refractivity contribution in [3.05, 3.63) is 24.3 Å². The van der Waals surface area contributed by atoms with E-state index in [-0.39, 0.29) is 17.5 Å². The van der Waals surface area contributed by atoms with Crippen molar-refractivity contribution in [3.8, 4) is 5.75 Å². The van der Waals surface area contributed by atoms with Crippen molar-refractivity contribution >= 4 is 5.69 Å². The van der Waals surface area contributed by atoms with Gasteiger partial charge in [-0.1, -0.05) is 12.1 Å². The number of alkyl halides is 3. The van der Waals surface area contributed by atoms with E-state index in [2.05, 4.69) is 10.1 Å². The molecule has 1 rings (SSSR count). The Morgan fingerprint density at radius 3 is 2.21 bits per heavy atom. The molecule has 0 saturated heterocycles. The van der Waals surface area contributed by atoms with Crippen LogP contribution in [0.3, 0.4) is 0 Å². The van der Waals surface area contributed by atoms with Crippen LogP contribution < -0.4 is 10.1 Å². The molecule has 1 N–H and O–H groups in total. The van der Waals surface area contributed by atoms with E-state index < -0.39 is 12.7 Å². The molecule has 7 heteroatoms. The van der Waals surface area contributed by atoms with Crippen LogP contribution in [0.5, 0.6) is 5.75 Å². The van der Waals surface area contributed by atoms with Crippen LogP contribution in [0.25, 0.3) is 0 Å². The summed E-state index contributed by atoms with van der Waals surface area (Å²) >= 11 is 0. The molecule has 108 valence electrons. The minimum absolute atomic E-state index is 0.214. The Morgan fingerprint density at radius 2 is 1.68 bits per heavy atom. The van der Waals surface area contributed by atoms with Crippen LogP contribution in [-0.4, -0.2) is 32.9 Å². The van der Waals surface area contributed by atoms with Gasteiger partial charge in [0.1, 0.15) is 0 Å². The van der Waals surface area contributed by atoms with Crippen LogP contribution in [0.1, 0.15) is 6.92 Å². The first-order chi connectivity index (χ1) is 8.87. The quantitative estimate of drug-likeness (QED) is 0.813. The van der Waals surface area contributed by atoms with Crippen LogP contribution in [0.15, 0.2) is 24.3 Å². The summed E-state index contributed by atoms with van der Waals surface area (Å²) in [5.74, 6) is -0.298. The Labute approximate surface area is 109 Å². The van der Waals surface area contributed by atoms with Crippen LogP contribution >= 0.6 is 0 Å². The summed E-state index contributed by atoms with van der Waals surface area (Å²) in [6, 6.07) is 5.43. The summed E-state index contributed by atoms with van der Waals surface area (Å²) in [4.78, 5) is 0. The van der Waals surface area contributed by atoms with E-state index in [1.54, 1.807) is 13.0 Å². The average molecular weight is 279 g/mol. The van der Waals surface area contributed by atoms with Gasteiger partial charge in [0.05, 0.1) is 11.7 Å². The zero-order valence-electron chi connectivity index (χ0n) is 10.8. The number of nitrogens with one attached hydrogen (secondary N) is 1. The van der Waals surface area contributed by atoms with Gasteiger partial charge in [-0.2, -0.15) is 0 Å². The molecule has 4 nitrogen and oxygen atoms in total. The first kappa shape index (κ1) is 15.6. The predicted molar refractivity (Wildman–Crippen MR) is 64.0 cm³/mol. The molecule has 0 bridgehead atoms. The molecule has 1 atom stereocenters. The summed E-state index contributed by atoms with van der Waals surface area (Å²) in [5, 5.41) is 2.86. The molecule has 0 aromatic heterocycles. The second-order valence-corrected chi connectivity index (χ2v) is 3.82. The Bertz CT molecular complexity index is 394. The summed E-state index contributed by atoms with van der Waals surface area (Å²) in [5.41, 5.74) is 0.214. The molecular formula is C12H16F3NO3. The molecule has 0 saturated carbocycles. The standard InChI is InChI=1S/C12H16F3NO3/c1-8(11(17-2)18-3)16-9-6-4-5-7-10(9)19-12(13,14)15/h4-8,11,16H,1-3H3. The second-order valence-electron chi connectivity index (χ2n) is 3.82. The van der Waals surface area contributed by atoms with Gasteiger partial charge in [-0.3, -0.25) is 0 Å². The van der Waals surface area contributed by atoms with Gasteiger partial charge >= 0.3 is 6.36 Å². The van der Waals surface area contributed by atoms with Crippen molar-refractivity contribution in [2.45, 2.75) is 25.6 Å². The highest BCUT2D eigenvalue weighted by Crippen LogP contribution is 2.30. The van der Waals surface area contributed by atoms with Crippen molar-refractivity contribution in [1.29, 1.82) is 0 Å². The molecule has 0 aliphatic carbocycles. The lowest BCUT2D eigenvalue weighted by atomic mass is 10.2. The Hall–Kier alpha value is -1.47. The van der Waals surface area contributed by atoms with E-state index in [9.17, 15) is 13.2 Å². The van der Waals surface area contributed by atoms with Crippen molar-refractivity contribution in [1.82, 2.24) is 0 Å². The number of ether oxygens (including phenoxy) is 3. The van der Waals surface area contributed by atoms with Gasteiger partial charge < -0.3 is 19.5 Å². The maximum absolute atomic E-state index is 12.3. The van der Waals surface area contributed by atoms with Gasteiger partial charge in [-0.15, -0.1) is 13.2 Å². The van der Waals surface area contributed by atoms with Gasteiger partial charge in [0.25, 0.3) is 0 Å². The fourth-order valence-corrected chi connectivity index (χ4v) is 1.62. The van der Waals surface area contributed by atoms with E-state index in [1.165, 1.54) is 32.4 Å². The van der Waals surface area contributed by atoms with Crippen molar-refractivity contribution < 1.29 is 27.4 Å². The number of methoxy groups -OCH3 is 2. The minimum atomic E-state index is -4.73. The summed E-state index contributed by atoms with van der Waals surface area (Å²) in [7, 11) is 2.90. The Morgan fingerprint density at radius 1 is 1.11 bits per heavy atom. The Kier molecular flexibility index (Phi) is 5.44. The summed E-state index contributed by atoms with van der Waals surface area (Å²) < 4.78 is 50.7. The van der Waals surface area contributed by atoms with Gasteiger partial charge in [-0.25, -0.2) is 0 Å². The van der Waals surface area contributed by atoms with Crippen molar-refractivity contribution in [2.24, 2.45) is 0 Å². The predicted octanol–water partition coefficient (Wildman–Crippen LogP) is 3.00. The van der Waals surface area contributed by atoms with E-state index in [1.807, 2.05) is 0 Å². The fraction of sp³-hybridized carbons (Fsp3) is 0.500. The van der Waals surface area contributed by atoms with E-state index in [0.717, 1.165) is 0 Å². The second kappa shape index (κ2) is 6.63. The van der Waals surface area contributed by atoms with E-state index in [4.69, 9.17) is 9.47 Å². The zero-order chi connectivity index (χ0) is 14.5. The van der Waals surface area contributed by atoms with Gasteiger partial charge in [0.15, 0.2) is 12.0 Å². The number of para-hydroxylation sites is 2. The normalized spacial score (nSPS) is 13.4. The molecule has 0 heterocycles. The lowest BCUT2D eigenvalue weighted by Gasteiger charge is -2.24. The first-order valence-electron chi connectivity index (χ1n) is 5.54. The smallest absolute Gasteiger partial charge is 0.404 e. The number of rotatable bonds is 6. The molecule has 1 aromatic carbocycles. The topological polar surface area (TPSA) is 39.7 Å². The third-order valence-electron chi connectivity index (χ3n) is 2.37. The van der Waals surface area contributed by atoms with Crippen LogP contribution in [-0.2, 0) is 9.47 Å². The third-order valence-corrected chi connectivity index (χ3v) is 2.37. The maximum atomic E-state index is 12.3. The molecule has 1 unspecified atom stereocenters. The molecular weight excluding hydrogens is 263 g/mol. The van der Waals surface area contributed by atoms with Gasteiger partial charge in [-0.05, 0) is 19.1 Å². The average Bonchev–Trinajstić information content (AvgIpc) is 2.31. The summed E-state index contributed by atoms with van der Waals surface area (Å²) in [6.45, 7) is 1.72. The number of hydrogen-bond acceptors (Lipinski definition) is 4.